The fourth-order valence-electron chi connectivity index (χ4n) is 1.85. The van der Waals surface area contributed by atoms with Crippen LogP contribution in [-0.2, 0) is 10.0 Å². The zero-order valence-electron chi connectivity index (χ0n) is 11.6. The van der Waals surface area contributed by atoms with Crippen LogP contribution in [0.25, 0.3) is 0 Å². The molecular formula is C14H15BrN2O3S. The molecule has 0 saturated heterocycles. The second-order valence-electron chi connectivity index (χ2n) is 4.49. The van der Waals surface area contributed by atoms with E-state index in [9.17, 15) is 8.42 Å². The van der Waals surface area contributed by atoms with E-state index in [0.29, 0.717) is 15.9 Å². The molecule has 3 N–H and O–H groups in total. The van der Waals surface area contributed by atoms with Crippen LogP contribution in [0.1, 0.15) is 5.56 Å². The number of benzene rings is 2. The highest BCUT2D eigenvalue weighted by Crippen LogP contribution is 2.30. The van der Waals surface area contributed by atoms with Gasteiger partial charge < -0.3 is 10.5 Å². The summed E-state index contributed by atoms with van der Waals surface area (Å²) in [5.74, 6) is 0.453. The van der Waals surface area contributed by atoms with Crippen molar-refractivity contribution in [2.75, 3.05) is 17.6 Å². The third-order valence-electron chi connectivity index (χ3n) is 2.86. The van der Waals surface area contributed by atoms with Crippen molar-refractivity contribution in [2.45, 2.75) is 11.8 Å². The minimum Gasteiger partial charge on any atom is -0.495 e. The zero-order chi connectivity index (χ0) is 15.6. The van der Waals surface area contributed by atoms with Gasteiger partial charge in [-0.2, -0.15) is 0 Å². The van der Waals surface area contributed by atoms with Crippen molar-refractivity contribution >= 4 is 37.3 Å². The van der Waals surface area contributed by atoms with E-state index in [1.54, 1.807) is 30.3 Å². The Morgan fingerprint density at radius 3 is 2.52 bits per heavy atom. The van der Waals surface area contributed by atoms with Crippen molar-refractivity contribution in [3.8, 4) is 5.75 Å². The summed E-state index contributed by atoms with van der Waals surface area (Å²) in [5, 5.41) is 0. The van der Waals surface area contributed by atoms with Crippen LogP contribution >= 0.6 is 15.9 Å². The van der Waals surface area contributed by atoms with Crippen molar-refractivity contribution in [3.63, 3.8) is 0 Å². The summed E-state index contributed by atoms with van der Waals surface area (Å²) < 4.78 is 33.2. The van der Waals surface area contributed by atoms with Crippen LogP contribution in [0.5, 0.6) is 5.75 Å². The van der Waals surface area contributed by atoms with E-state index in [1.165, 1.54) is 13.2 Å². The largest absolute Gasteiger partial charge is 0.495 e. The molecule has 0 radical (unpaired) electrons. The van der Waals surface area contributed by atoms with Gasteiger partial charge in [-0.3, -0.25) is 4.72 Å². The normalized spacial score (nSPS) is 11.2. The minimum atomic E-state index is -3.78. The number of sulfonamides is 1. The first-order valence-corrected chi connectivity index (χ1v) is 8.33. The number of aryl methyl sites for hydroxylation is 1. The molecule has 2 aromatic rings. The molecule has 0 atom stereocenters. The Hall–Kier alpha value is -1.73. The van der Waals surface area contributed by atoms with Crippen molar-refractivity contribution < 1.29 is 13.2 Å². The Morgan fingerprint density at radius 2 is 1.90 bits per heavy atom. The molecule has 0 bridgehead atoms. The van der Waals surface area contributed by atoms with Gasteiger partial charge >= 0.3 is 0 Å². The smallest absolute Gasteiger partial charge is 0.264 e. The summed E-state index contributed by atoms with van der Waals surface area (Å²) in [6.07, 6.45) is 0. The SMILES string of the molecule is COc1cc(C)ccc1NS(=O)(=O)c1ccc(Br)cc1N. The van der Waals surface area contributed by atoms with Crippen LogP contribution in [0.2, 0.25) is 0 Å². The standard InChI is InChI=1S/C14H15BrN2O3S/c1-9-3-5-12(13(7-9)20-2)17-21(18,19)14-6-4-10(15)8-11(14)16/h3-8,17H,16H2,1-2H3. The van der Waals surface area contributed by atoms with Crippen molar-refractivity contribution in [2.24, 2.45) is 0 Å². The van der Waals surface area contributed by atoms with Crippen LogP contribution < -0.4 is 15.2 Å². The van der Waals surface area contributed by atoms with Gasteiger partial charge in [-0.05, 0) is 42.8 Å². The van der Waals surface area contributed by atoms with Gasteiger partial charge in [-0.1, -0.05) is 22.0 Å². The van der Waals surface area contributed by atoms with E-state index in [-0.39, 0.29) is 10.6 Å². The average Bonchev–Trinajstić information content (AvgIpc) is 2.40. The molecule has 0 saturated carbocycles. The molecular weight excluding hydrogens is 356 g/mol. The second-order valence-corrected chi connectivity index (χ2v) is 7.06. The maximum atomic E-state index is 12.4. The highest BCUT2D eigenvalue weighted by molar-refractivity contribution is 9.10. The van der Waals surface area contributed by atoms with Gasteiger partial charge in [0.1, 0.15) is 10.6 Å². The summed E-state index contributed by atoms with van der Waals surface area (Å²) in [7, 11) is -2.30. The van der Waals surface area contributed by atoms with Crippen molar-refractivity contribution in [1.82, 2.24) is 0 Å². The molecule has 0 unspecified atom stereocenters. The summed E-state index contributed by atoms with van der Waals surface area (Å²) >= 11 is 3.25. The van der Waals surface area contributed by atoms with Gasteiger partial charge in [-0.15, -0.1) is 0 Å². The molecule has 0 aliphatic carbocycles. The second kappa shape index (κ2) is 5.95. The van der Waals surface area contributed by atoms with Gasteiger partial charge in [0, 0.05) is 4.47 Å². The lowest BCUT2D eigenvalue weighted by molar-refractivity contribution is 0.416. The molecule has 112 valence electrons. The topological polar surface area (TPSA) is 81.4 Å². The molecule has 0 fully saturated rings. The lowest BCUT2D eigenvalue weighted by Crippen LogP contribution is -2.15. The van der Waals surface area contributed by atoms with Crippen molar-refractivity contribution in [1.29, 1.82) is 0 Å². The quantitative estimate of drug-likeness (QED) is 0.809. The predicted octanol–water partition coefficient (Wildman–Crippen LogP) is 3.15. The summed E-state index contributed by atoms with van der Waals surface area (Å²) in [6, 6.07) is 9.81. The molecule has 7 heteroatoms. The van der Waals surface area contributed by atoms with Gasteiger partial charge in [0.2, 0.25) is 0 Å². The van der Waals surface area contributed by atoms with Crippen LogP contribution in [0.15, 0.2) is 45.8 Å². The fraction of sp³-hybridized carbons (Fsp3) is 0.143. The number of nitrogens with two attached hydrogens (primary N) is 1. The highest BCUT2D eigenvalue weighted by Gasteiger charge is 2.19. The van der Waals surface area contributed by atoms with E-state index in [1.807, 2.05) is 6.92 Å². The number of ether oxygens (including phenoxy) is 1. The molecule has 21 heavy (non-hydrogen) atoms. The van der Waals surface area contributed by atoms with Gasteiger partial charge in [0.25, 0.3) is 10.0 Å². The molecule has 0 aliphatic heterocycles. The molecule has 0 spiro atoms. The first-order valence-electron chi connectivity index (χ1n) is 6.06. The molecule has 0 aromatic heterocycles. The maximum absolute atomic E-state index is 12.4. The maximum Gasteiger partial charge on any atom is 0.264 e. The number of hydrogen-bond acceptors (Lipinski definition) is 4. The van der Waals surface area contributed by atoms with Gasteiger partial charge in [-0.25, -0.2) is 8.42 Å². The van der Waals surface area contributed by atoms with Crippen LogP contribution in [0.3, 0.4) is 0 Å². The van der Waals surface area contributed by atoms with E-state index in [2.05, 4.69) is 20.7 Å². The highest BCUT2D eigenvalue weighted by atomic mass is 79.9. The zero-order valence-corrected chi connectivity index (χ0v) is 14.0. The average molecular weight is 371 g/mol. The van der Waals surface area contributed by atoms with E-state index in [4.69, 9.17) is 10.5 Å². The Balaban J connectivity index is 2.42. The number of halogens is 1. The molecule has 2 rings (SSSR count). The van der Waals surface area contributed by atoms with Gasteiger partial charge in [0.05, 0.1) is 18.5 Å². The third kappa shape index (κ3) is 3.48. The van der Waals surface area contributed by atoms with Crippen LogP contribution in [0.4, 0.5) is 11.4 Å². The number of rotatable bonds is 4. The molecule has 0 heterocycles. The summed E-state index contributed by atoms with van der Waals surface area (Å²) in [6.45, 7) is 1.90. The first kappa shape index (κ1) is 15.7. The van der Waals surface area contributed by atoms with Crippen LogP contribution in [0, 0.1) is 6.92 Å². The molecule has 0 amide bonds. The molecule has 0 aliphatic rings. The summed E-state index contributed by atoms with van der Waals surface area (Å²) in [4.78, 5) is 0.0216. The van der Waals surface area contributed by atoms with Gasteiger partial charge in [0.15, 0.2) is 0 Å². The third-order valence-corrected chi connectivity index (χ3v) is 4.80. The number of nitrogen functional groups attached to an aromatic ring is 1. The first-order chi connectivity index (χ1) is 9.83. The number of hydrogen-bond donors (Lipinski definition) is 2. The monoisotopic (exact) mass is 370 g/mol. The van der Waals surface area contributed by atoms with Crippen LogP contribution in [-0.4, -0.2) is 15.5 Å². The van der Waals surface area contributed by atoms with E-state index >= 15 is 0 Å². The van der Waals surface area contributed by atoms with Crippen molar-refractivity contribution in [3.05, 3.63) is 46.4 Å². The Bertz CT molecular complexity index is 776. The van der Waals surface area contributed by atoms with E-state index < -0.39 is 10.0 Å². The lowest BCUT2D eigenvalue weighted by atomic mass is 10.2. The lowest BCUT2D eigenvalue weighted by Gasteiger charge is -2.13. The van der Waals surface area contributed by atoms with E-state index in [0.717, 1.165) is 5.56 Å². The molecule has 5 nitrogen and oxygen atoms in total. The minimum absolute atomic E-state index is 0.0216. The Morgan fingerprint density at radius 1 is 1.19 bits per heavy atom. The fourth-order valence-corrected chi connectivity index (χ4v) is 3.41. The Labute approximate surface area is 132 Å². The summed E-state index contributed by atoms with van der Waals surface area (Å²) in [5.41, 5.74) is 7.28. The molecule has 2 aromatic carbocycles. The number of anilines is 2. The Kier molecular flexibility index (Phi) is 4.43. The number of methoxy groups -OCH3 is 1. The number of nitrogens with one attached hydrogen (secondary N) is 1. The predicted molar refractivity (Wildman–Crippen MR) is 87.1 cm³/mol.